The first kappa shape index (κ1) is 14.7. The summed E-state index contributed by atoms with van der Waals surface area (Å²) in [4.78, 5) is 12.5. The third kappa shape index (κ3) is 2.62. The van der Waals surface area contributed by atoms with E-state index in [0.29, 0.717) is 11.1 Å². The molecule has 0 amide bonds. The molecule has 3 aromatic rings. The summed E-state index contributed by atoms with van der Waals surface area (Å²) in [5.74, 6) is 0.129. The molecule has 3 rings (SSSR count). The first-order chi connectivity index (χ1) is 10.6. The number of hydrogen-bond donors (Lipinski definition) is 0. The zero-order valence-corrected chi connectivity index (χ0v) is 13.3. The van der Waals surface area contributed by atoms with E-state index in [2.05, 4.69) is 21.0 Å². The van der Waals surface area contributed by atoms with Gasteiger partial charge >= 0.3 is 0 Å². The molecular weight excluding hydrogens is 351 g/mol. The zero-order chi connectivity index (χ0) is 15.7. The van der Waals surface area contributed by atoms with E-state index in [4.69, 9.17) is 4.74 Å². The summed E-state index contributed by atoms with van der Waals surface area (Å²) in [6, 6.07) is 10.5. The van der Waals surface area contributed by atoms with E-state index in [0.717, 1.165) is 5.56 Å². The number of nitrogens with zero attached hydrogens (tertiary/aromatic N) is 2. The van der Waals surface area contributed by atoms with E-state index in [1.54, 1.807) is 19.2 Å². The maximum absolute atomic E-state index is 14.2. The quantitative estimate of drug-likeness (QED) is 0.717. The highest BCUT2D eigenvalue weighted by atomic mass is 79.9. The van der Waals surface area contributed by atoms with Crippen molar-refractivity contribution in [1.82, 2.24) is 9.78 Å². The van der Waals surface area contributed by atoms with Gasteiger partial charge in [0.2, 0.25) is 0 Å². The van der Waals surface area contributed by atoms with Crippen LogP contribution in [0.3, 0.4) is 0 Å². The van der Waals surface area contributed by atoms with Crippen LogP contribution in [0.1, 0.15) is 5.56 Å². The summed E-state index contributed by atoms with van der Waals surface area (Å²) in [6.45, 7) is 0.248. The molecule has 0 radical (unpaired) electrons. The third-order valence-electron chi connectivity index (χ3n) is 3.38. The highest BCUT2D eigenvalue weighted by Crippen LogP contribution is 2.22. The van der Waals surface area contributed by atoms with Gasteiger partial charge in [-0.15, -0.1) is 0 Å². The first-order valence-electron chi connectivity index (χ1n) is 6.57. The van der Waals surface area contributed by atoms with Gasteiger partial charge < -0.3 is 4.74 Å². The Kier molecular flexibility index (Phi) is 3.94. The van der Waals surface area contributed by atoms with Crippen molar-refractivity contribution in [2.24, 2.45) is 0 Å². The zero-order valence-electron chi connectivity index (χ0n) is 11.7. The van der Waals surface area contributed by atoms with Crippen LogP contribution in [0.15, 0.2) is 51.9 Å². The Labute approximate surface area is 134 Å². The van der Waals surface area contributed by atoms with Gasteiger partial charge in [0.15, 0.2) is 5.82 Å². The molecule has 0 bridgehead atoms. The fourth-order valence-corrected chi connectivity index (χ4v) is 2.59. The maximum Gasteiger partial charge on any atom is 0.277 e. The largest absolute Gasteiger partial charge is 0.497 e. The van der Waals surface area contributed by atoms with E-state index in [9.17, 15) is 9.18 Å². The van der Waals surface area contributed by atoms with Gasteiger partial charge in [-0.1, -0.05) is 18.2 Å². The van der Waals surface area contributed by atoms with Gasteiger partial charge in [-0.2, -0.15) is 5.10 Å². The Balaban J connectivity index is 2.10. The van der Waals surface area contributed by atoms with Crippen LogP contribution in [0.5, 0.6) is 5.75 Å². The second kappa shape index (κ2) is 5.88. The van der Waals surface area contributed by atoms with Gasteiger partial charge in [0, 0.05) is 5.39 Å². The number of aromatic nitrogens is 2. The Morgan fingerprint density at radius 1 is 1.32 bits per heavy atom. The van der Waals surface area contributed by atoms with Crippen LogP contribution in [0.25, 0.3) is 10.8 Å². The van der Waals surface area contributed by atoms with E-state index in [-0.39, 0.29) is 16.4 Å². The summed E-state index contributed by atoms with van der Waals surface area (Å²) < 4.78 is 20.8. The number of rotatable bonds is 3. The molecule has 0 aliphatic carbocycles. The van der Waals surface area contributed by atoms with Crippen molar-refractivity contribution >= 4 is 26.7 Å². The fraction of sp³-hybridized carbons (Fsp3) is 0.125. The molecule has 0 saturated carbocycles. The molecule has 2 aromatic carbocycles. The van der Waals surface area contributed by atoms with Crippen LogP contribution in [-0.4, -0.2) is 16.9 Å². The van der Waals surface area contributed by atoms with Crippen molar-refractivity contribution in [3.05, 3.63) is 68.8 Å². The Morgan fingerprint density at radius 2 is 2.14 bits per heavy atom. The van der Waals surface area contributed by atoms with E-state index >= 15 is 0 Å². The lowest BCUT2D eigenvalue weighted by Crippen LogP contribution is -2.24. The highest BCUT2D eigenvalue weighted by molar-refractivity contribution is 9.10. The molecule has 0 saturated heterocycles. The highest BCUT2D eigenvalue weighted by Gasteiger charge is 2.12. The van der Waals surface area contributed by atoms with E-state index < -0.39 is 11.4 Å². The number of ether oxygens (including phenoxy) is 1. The van der Waals surface area contributed by atoms with Crippen molar-refractivity contribution in [2.45, 2.75) is 6.54 Å². The van der Waals surface area contributed by atoms with Crippen LogP contribution in [0, 0.1) is 5.82 Å². The average Bonchev–Trinajstić information content (AvgIpc) is 2.53. The Bertz CT molecular complexity index is 908. The minimum absolute atomic E-state index is 0.0345. The number of halogens is 2. The first-order valence-corrected chi connectivity index (χ1v) is 7.36. The molecule has 4 nitrogen and oxygen atoms in total. The number of benzene rings is 2. The van der Waals surface area contributed by atoms with Crippen molar-refractivity contribution in [2.75, 3.05) is 7.11 Å². The van der Waals surface area contributed by atoms with Crippen molar-refractivity contribution in [3.8, 4) is 5.75 Å². The number of methoxy groups -OCH3 is 1. The predicted molar refractivity (Wildman–Crippen MR) is 85.8 cm³/mol. The summed E-state index contributed by atoms with van der Waals surface area (Å²) in [6.07, 6.45) is 1.49. The fourth-order valence-electron chi connectivity index (χ4n) is 2.26. The van der Waals surface area contributed by atoms with Crippen molar-refractivity contribution < 1.29 is 9.13 Å². The van der Waals surface area contributed by atoms with Crippen LogP contribution < -0.4 is 10.3 Å². The summed E-state index contributed by atoms with van der Waals surface area (Å²) in [5.41, 5.74) is 0.392. The molecule has 0 aliphatic heterocycles. The average molecular weight is 363 g/mol. The van der Waals surface area contributed by atoms with Crippen LogP contribution >= 0.6 is 15.9 Å². The molecule has 0 atom stereocenters. The Morgan fingerprint density at radius 3 is 2.91 bits per heavy atom. The van der Waals surface area contributed by atoms with Gasteiger partial charge in [-0.05, 0) is 39.7 Å². The van der Waals surface area contributed by atoms with E-state index in [1.807, 2.05) is 24.3 Å². The monoisotopic (exact) mass is 362 g/mol. The minimum Gasteiger partial charge on any atom is -0.497 e. The van der Waals surface area contributed by atoms with Crippen LogP contribution in [-0.2, 0) is 6.54 Å². The molecule has 1 heterocycles. The molecule has 0 N–H and O–H groups in total. The van der Waals surface area contributed by atoms with Crippen molar-refractivity contribution in [3.63, 3.8) is 0 Å². The molecule has 112 valence electrons. The molecule has 22 heavy (non-hydrogen) atoms. The van der Waals surface area contributed by atoms with Gasteiger partial charge in [-0.3, -0.25) is 4.79 Å². The maximum atomic E-state index is 14.2. The number of fused-ring (bicyclic) bond motifs is 1. The third-order valence-corrected chi connectivity index (χ3v) is 3.99. The lowest BCUT2D eigenvalue weighted by molar-refractivity contribution is 0.414. The summed E-state index contributed by atoms with van der Waals surface area (Å²) >= 11 is 3.10. The molecule has 0 aliphatic rings. The molecular formula is C16H12BrFN2O2. The van der Waals surface area contributed by atoms with Gasteiger partial charge in [-0.25, -0.2) is 9.07 Å². The summed E-state index contributed by atoms with van der Waals surface area (Å²) in [5, 5.41) is 4.62. The second-order valence-electron chi connectivity index (χ2n) is 4.78. The molecule has 0 unspecified atom stereocenters. The van der Waals surface area contributed by atoms with Crippen LogP contribution in [0.2, 0.25) is 0 Å². The van der Waals surface area contributed by atoms with Gasteiger partial charge in [0.1, 0.15) is 5.75 Å². The van der Waals surface area contributed by atoms with Gasteiger partial charge in [0.25, 0.3) is 5.56 Å². The lowest BCUT2D eigenvalue weighted by atomic mass is 10.2. The molecule has 1 aromatic heterocycles. The van der Waals surface area contributed by atoms with Crippen molar-refractivity contribution in [1.29, 1.82) is 0 Å². The standard InChI is InChI=1S/C16H12BrFN2O2/c1-22-12-4-2-3-10(7-12)9-20-16(21)14-11(8-19-20)5-6-13(17)15(14)18/h2-8H,9H2,1H3. The number of hydrogen-bond acceptors (Lipinski definition) is 3. The molecule has 0 spiro atoms. The SMILES string of the molecule is COc1cccc(Cn2ncc3ccc(Br)c(F)c3c2=O)c1. The lowest BCUT2D eigenvalue weighted by Gasteiger charge is -2.08. The normalized spacial score (nSPS) is 10.9. The molecule has 0 fully saturated rings. The summed E-state index contributed by atoms with van der Waals surface area (Å²) in [7, 11) is 1.58. The predicted octanol–water partition coefficient (Wildman–Crippen LogP) is 3.36. The van der Waals surface area contributed by atoms with Crippen LogP contribution in [0.4, 0.5) is 4.39 Å². The van der Waals surface area contributed by atoms with E-state index in [1.165, 1.54) is 10.9 Å². The minimum atomic E-state index is -0.565. The topological polar surface area (TPSA) is 44.1 Å². The smallest absolute Gasteiger partial charge is 0.277 e. The molecule has 6 heteroatoms. The van der Waals surface area contributed by atoms with Gasteiger partial charge in [0.05, 0.1) is 29.7 Å². The second-order valence-corrected chi connectivity index (χ2v) is 5.64. The Hall–Kier alpha value is -2.21.